The molecule has 0 radical (unpaired) electrons. The van der Waals surface area contributed by atoms with Crippen LogP contribution in [0.2, 0.25) is 0 Å². The predicted molar refractivity (Wildman–Crippen MR) is 89.2 cm³/mol. The topological polar surface area (TPSA) is 71.3 Å². The van der Waals surface area contributed by atoms with Crippen molar-refractivity contribution in [1.29, 1.82) is 0 Å². The van der Waals surface area contributed by atoms with E-state index in [2.05, 4.69) is 15.2 Å². The summed E-state index contributed by atoms with van der Waals surface area (Å²) in [5.74, 6) is 0.454. The van der Waals surface area contributed by atoms with E-state index in [-0.39, 0.29) is 11.5 Å². The zero-order valence-electron chi connectivity index (χ0n) is 13.2. The molecule has 0 bridgehead atoms. The molecule has 0 spiro atoms. The van der Waals surface area contributed by atoms with Crippen molar-refractivity contribution in [2.24, 2.45) is 0 Å². The molecule has 24 heavy (non-hydrogen) atoms. The van der Waals surface area contributed by atoms with Gasteiger partial charge in [-0.05, 0) is 36.6 Å². The summed E-state index contributed by atoms with van der Waals surface area (Å²) in [6.07, 6.45) is 3.21. The number of likely N-dealkylation sites (tertiary alicyclic amines) is 1. The zero-order valence-corrected chi connectivity index (χ0v) is 13.2. The van der Waals surface area contributed by atoms with Gasteiger partial charge in [0.2, 0.25) is 0 Å². The lowest BCUT2D eigenvalue weighted by Gasteiger charge is -2.32. The van der Waals surface area contributed by atoms with Crippen molar-refractivity contribution < 1.29 is 9.31 Å². The van der Waals surface area contributed by atoms with Crippen molar-refractivity contribution in [2.45, 2.75) is 25.4 Å². The largest absolute Gasteiger partial charge is 0.367 e. The number of nitrogens with zero attached hydrogens (tertiary/aromatic N) is 3. The Morgan fingerprint density at radius 2 is 1.92 bits per heavy atom. The molecule has 0 atom stereocenters. The van der Waals surface area contributed by atoms with Gasteiger partial charge in [0.15, 0.2) is 0 Å². The normalized spacial score (nSPS) is 16.0. The van der Waals surface area contributed by atoms with Crippen molar-refractivity contribution in [1.82, 2.24) is 9.88 Å². The maximum absolute atomic E-state index is 12.9. The first-order valence-electron chi connectivity index (χ1n) is 7.94. The molecular formula is C17H19FN4O2. The van der Waals surface area contributed by atoms with E-state index in [0.717, 1.165) is 38.0 Å². The lowest BCUT2D eigenvalue weighted by atomic mass is 10.0. The first kappa shape index (κ1) is 16.3. The number of pyridine rings is 1. The van der Waals surface area contributed by atoms with Crippen LogP contribution in [0.3, 0.4) is 0 Å². The van der Waals surface area contributed by atoms with Gasteiger partial charge in [0.25, 0.3) is 5.69 Å². The van der Waals surface area contributed by atoms with E-state index in [1.54, 1.807) is 6.07 Å². The number of piperidine rings is 1. The number of hydrogen-bond acceptors (Lipinski definition) is 5. The summed E-state index contributed by atoms with van der Waals surface area (Å²) in [7, 11) is 0. The zero-order chi connectivity index (χ0) is 16.9. The highest BCUT2D eigenvalue weighted by atomic mass is 19.1. The van der Waals surface area contributed by atoms with Gasteiger partial charge in [-0.25, -0.2) is 9.37 Å². The second-order valence-electron chi connectivity index (χ2n) is 5.98. The van der Waals surface area contributed by atoms with Crippen LogP contribution in [0.4, 0.5) is 15.9 Å². The number of aromatic nitrogens is 1. The van der Waals surface area contributed by atoms with Gasteiger partial charge in [-0.3, -0.25) is 15.0 Å². The van der Waals surface area contributed by atoms with Crippen LogP contribution in [0.1, 0.15) is 18.4 Å². The molecule has 6 nitrogen and oxygen atoms in total. The van der Waals surface area contributed by atoms with Gasteiger partial charge in [-0.15, -0.1) is 0 Å². The minimum Gasteiger partial charge on any atom is -0.367 e. The summed E-state index contributed by atoms with van der Waals surface area (Å²) >= 11 is 0. The maximum Gasteiger partial charge on any atom is 0.287 e. The molecule has 2 aromatic rings. The fourth-order valence-electron chi connectivity index (χ4n) is 2.87. The minimum atomic E-state index is -0.454. The Hall–Kier alpha value is -2.54. The number of rotatable bonds is 5. The quantitative estimate of drug-likeness (QED) is 0.673. The molecule has 7 heteroatoms. The second kappa shape index (κ2) is 7.35. The molecule has 0 amide bonds. The predicted octanol–water partition coefficient (Wildman–Crippen LogP) is 3.21. The van der Waals surface area contributed by atoms with Gasteiger partial charge < -0.3 is 5.32 Å². The monoisotopic (exact) mass is 330 g/mol. The van der Waals surface area contributed by atoms with Crippen LogP contribution < -0.4 is 5.32 Å². The molecule has 1 saturated heterocycles. The van der Waals surface area contributed by atoms with Gasteiger partial charge >= 0.3 is 0 Å². The molecule has 1 aliphatic heterocycles. The molecule has 0 unspecified atom stereocenters. The van der Waals surface area contributed by atoms with Crippen LogP contribution in [-0.2, 0) is 6.54 Å². The summed E-state index contributed by atoms with van der Waals surface area (Å²) < 4.78 is 12.9. The molecule has 126 valence electrons. The Kier molecular flexibility index (Phi) is 5.00. The molecule has 1 aliphatic rings. The fourth-order valence-corrected chi connectivity index (χ4v) is 2.87. The highest BCUT2D eigenvalue weighted by molar-refractivity contribution is 5.40. The van der Waals surface area contributed by atoms with Gasteiger partial charge in [-0.2, -0.15) is 0 Å². The van der Waals surface area contributed by atoms with Crippen LogP contribution in [0.25, 0.3) is 0 Å². The van der Waals surface area contributed by atoms with Crippen LogP contribution in [0.5, 0.6) is 0 Å². The van der Waals surface area contributed by atoms with Gasteiger partial charge in [-0.1, -0.05) is 12.1 Å². The van der Waals surface area contributed by atoms with Crippen molar-refractivity contribution in [3.8, 4) is 0 Å². The van der Waals surface area contributed by atoms with E-state index >= 15 is 0 Å². The summed E-state index contributed by atoms with van der Waals surface area (Å²) in [5, 5.41) is 14.0. The van der Waals surface area contributed by atoms with Crippen molar-refractivity contribution in [3.63, 3.8) is 0 Å². The number of anilines is 1. The van der Waals surface area contributed by atoms with Crippen LogP contribution >= 0.6 is 0 Å². The fraction of sp³-hybridized carbons (Fsp3) is 0.353. The molecular weight excluding hydrogens is 311 g/mol. The van der Waals surface area contributed by atoms with Crippen molar-refractivity contribution >= 4 is 11.5 Å². The van der Waals surface area contributed by atoms with Crippen molar-refractivity contribution in [3.05, 3.63) is 64.1 Å². The van der Waals surface area contributed by atoms with Crippen LogP contribution in [-0.4, -0.2) is 33.9 Å². The molecule has 1 fully saturated rings. The second-order valence-corrected chi connectivity index (χ2v) is 5.98. The van der Waals surface area contributed by atoms with E-state index in [0.29, 0.717) is 11.9 Å². The number of halogens is 1. The van der Waals surface area contributed by atoms with E-state index in [9.17, 15) is 14.5 Å². The third-order valence-corrected chi connectivity index (χ3v) is 4.22. The average molecular weight is 330 g/mol. The highest BCUT2D eigenvalue weighted by Crippen LogP contribution is 2.18. The molecule has 0 saturated carbocycles. The first-order chi connectivity index (χ1) is 11.6. The lowest BCUT2D eigenvalue weighted by molar-refractivity contribution is -0.385. The minimum absolute atomic E-state index is 0.00494. The van der Waals surface area contributed by atoms with E-state index in [1.807, 2.05) is 12.1 Å². The molecule has 0 aliphatic carbocycles. The lowest BCUT2D eigenvalue weighted by Crippen LogP contribution is -2.38. The maximum atomic E-state index is 12.9. The summed E-state index contributed by atoms with van der Waals surface area (Å²) in [6.45, 7) is 2.72. The molecule has 2 heterocycles. The number of benzene rings is 1. The smallest absolute Gasteiger partial charge is 0.287 e. The van der Waals surface area contributed by atoms with Gasteiger partial charge in [0.1, 0.15) is 17.8 Å². The van der Waals surface area contributed by atoms with Crippen LogP contribution in [0, 0.1) is 15.9 Å². The van der Waals surface area contributed by atoms with Gasteiger partial charge in [0, 0.05) is 31.7 Å². The average Bonchev–Trinajstić information content (AvgIpc) is 2.59. The van der Waals surface area contributed by atoms with Crippen molar-refractivity contribution in [2.75, 3.05) is 18.4 Å². The molecule has 1 aromatic carbocycles. The molecule has 1 N–H and O–H groups in total. The number of nitro groups is 1. The molecule has 3 rings (SSSR count). The third kappa shape index (κ3) is 4.26. The van der Waals surface area contributed by atoms with E-state index in [4.69, 9.17) is 0 Å². The highest BCUT2D eigenvalue weighted by Gasteiger charge is 2.19. The Labute approximate surface area is 139 Å². The Bertz CT molecular complexity index is 683. The number of nitrogens with one attached hydrogen (secondary N) is 1. The Morgan fingerprint density at radius 1 is 1.21 bits per heavy atom. The summed E-state index contributed by atoms with van der Waals surface area (Å²) in [6, 6.07) is 10.0. The summed E-state index contributed by atoms with van der Waals surface area (Å²) in [5.41, 5.74) is 1.11. The van der Waals surface area contributed by atoms with E-state index < -0.39 is 4.92 Å². The Balaban J connectivity index is 1.48. The SMILES string of the molecule is O=[N+]([O-])c1ccc(NC2CCN(Cc3ccc(F)cc3)CC2)nc1. The molecule has 1 aromatic heterocycles. The standard InChI is InChI=1S/C17H19FN4O2/c18-14-3-1-13(2-4-14)12-21-9-7-15(8-10-21)20-17-6-5-16(11-19-17)22(23)24/h1-6,11,15H,7-10,12H2,(H,19,20). The first-order valence-corrected chi connectivity index (χ1v) is 7.94. The number of hydrogen-bond donors (Lipinski definition) is 1. The van der Waals surface area contributed by atoms with E-state index in [1.165, 1.54) is 24.4 Å². The van der Waals surface area contributed by atoms with Gasteiger partial charge in [0.05, 0.1) is 4.92 Å². The third-order valence-electron chi connectivity index (χ3n) is 4.22. The van der Waals surface area contributed by atoms with Crippen LogP contribution in [0.15, 0.2) is 42.6 Å². The summed E-state index contributed by atoms with van der Waals surface area (Å²) in [4.78, 5) is 16.6. The Morgan fingerprint density at radius 3 is 2.50 bits per heavy atom.